The standard InChI is InChI=1S/C15H21N5/c1-4-20(10-13-7-5-6-8-17-13)15-14(9-16)11(2)12(3)18-19-15/h5-8H,4,9-10,16H2,1-3H3. The first-order valence-corrected chi connectivity index (χ1v) is 6.85. The highest BCUT2D eigenvalue weighted by Gasteiger charge is 2.15. The van der Waals surface area contributed by atoms with Crippen molar-refractivity contribution >= 4 is 5.82 Å². The van der Waals surface area contributed by atoms with Gasteiger partial charge in [0, 0.05) is 24.8 Å². The zero-order chi connectivity index (χ0) is 14.5. The molecule has 0 atom stereocenters. The molecule has 0 bridgehead atoms. The van der Waals surface area contributed by atoms with E-state index in [1.807, 2.05) is 32.0 Å². The lowest BCUT2D eigenvalue weighted by Crippen LogP contribution is -2.26. The second kappa shape index (κ2) is 6.43. The van der Waals surface area contributed by atoms with E-state index in [0.717, 1.165) is 34.9 Å². The number of anilines is 1. The number of nitrogens with two attached hydrogens (primary N) is 1. The summed E-state index contributed by atoms with van der Waals surface area (Å²) >= 11 is 0. The van der Waals surface area contributed by atoms with E-state index >= 15 is 0 Å². The van der Waals surface area contributed by atoms with Crippen LogP contribution < -0.4 is 10.6 Å². The third kappa shape index (κ3) is 2.93. The fraction of sp³-hybridized carbons (Fsp3) is 0.400. The molecule has 0 aliphatic rings. The Hall–Kier alpha value is -2.01. The number of hydrogen-bond acceptors (Lipinski definition) is 5. The van der Waals surface area contributed by atoms with Crippen LogP contribution in [0.2, 0.25) is 0 Å². The van der Waals surface area contributed by atoms with Gasteiger partial charge >= 0.3 is 0 Å². The lowest BCUT2D eigenvalue weighted by Gasteiger charge is -2.24. The smallest absolute Gasteiger partial charge is 0.156 e. The summed E-state index contributed by atoms with van der Waals surface area (Å²) in [7, 11) is 0. The molecule has 0 aromatic carbocycles. The van der Waals surface area contributed by atoms with E-state index in [1.54, 1.807) is 6.20 Å². The second-order valence-electron chi connectivity index (χ2n) is 4.75. The van der Waals surface area contributed by atoms with Gasteiger partial charge in [0.2, 0.25) is 0 Å². The Morgan fingerprint density at radius 2 is 2.00 bits per heavy atom. The molecule has 0 fully saturated rings. The highest BCUT2D eigenvalue weighted by molar-refractivity contribution is 5.50. The number of aromatic nitrogens is 3. The molecule has 0 amide bonds. The minimum absolute atomic E-state index is 0.468. The molecule has 0 aliphatic carbocycles. The van der Waals surface area contributed by atoms with E-state index in [1.165, 1.54) is 0 Å². The lowest BCUT2D eigenvalue weighted by molar-refractivity contribution is 0.759. The molecule has 106 valence electrons. The Balaban J connectivity index is 2.35. The van der Waals surface area contributed by atoms with Crippen molar-refractivity contribution in [2.75, 3.05) is 11.4 Å². The molecule has 2 aromatic heterocycles. The molecule has 0 aliphatic heterocycles. The van der Waals surface area contributed by atoms with Gasteiger partial charge < -0.3 is 10.6 Å². The Labute approximate surface area is 119 Å². The van der Waals surface area contributed by atoms with Crippen LogP contribution in [0.25, 0.3) is 0 Å². The van der Waals surface area contributed by atoms with Gasteiger partial charge in [-0.3, -0.25) is 4.98 Å². The maximum Gasteiger partial charge on any atom is 0.156 e. The number of hydrogen-bond donors (Lipinski definition) is 1. The summed E-state index contributed by atoms with van der Waals surface area (Å²) < 4.78 is 0. The maximum absolute atomic E-state index is 5.90. The molecular weight excluding hydrogens is 250 g/mol. The van der Waals surface area contributed by atoms with E-state index in [-0.39, 0.29) is 0 Å². The Morgan fingerprint density at radius 1 is 1.20 bits per heavy atom. The molecule has 5 heteroatoms. The maximum atomic E-state index is 5.90. The van der Waals surface area contributed by atoms with Crippen molar-refractivity contribution in [3.8, 4) is 0 Å². The van der Waals surface area contributed by atoms with E-state index in [2.05, 4.69) is 27.0 Å². The minimum atomic E-state index is 0.468. The lowest BCUT2D eigenvalue weighted by atomic mass is 10.1. The molecule has 5 nitrogen and oxygen atoms in total. The molecule has 2 rings (SSSR count). The van der Waals surface area contributed by atoms with Gasteiger partial charge in [0.05, 0.1) is 17.9 Å². The monoisotopic (exact) mass is 271 g/mol. The molecule has 2 aromatic rings. The quantitative estimate of drug-likeness (QED) is 0.900. The topological polar surface area (TPSA) is 67.9 Å². The predicted molar refractivity (Wildman–Crippen MR) is 80.4 cm³/mol. The highest BCUT2D eigenvalue weighted by Crippen LogP contribution is 2.22. The molecule has 20 heavy (non-hydrogen) atoms. The van der Waals surface area contributed by atoms with Crippen LogP contribution in [0.5, 0.6) is 0 Å². The van der Waals surface area contributed by atoms with Gasteiger partial charge in [0.15, 0.2) is 5.82 Å². The number of pyridine rings is 1. The van der Waals surface area contributed by atoms with Crippen molar-refractivity contribution in [2.24, 2.45) is 5.73 Å². The van der Waals surface area contributed by atoms with Crippen molar-refractivity contribution in [2.45, 2.75) is 33.9 Å². The van der Waals surface area contributed by atoms with Crippen LogP contribution in [0.4, 0.5) is 5.82 Å². The largest absolute Gasteiger partial charge is 0.349 e. The SMILES string of the molecule is CCN(Cc1ccccn1)c1nnc(C)c(C)c1CN. The van der Waals surface area contributed by atoms with E-state index in [9.17, 15) is 0 Å². The summed E-state index contributed by atoms with van der Waals surface area (Å²) in [6, 6.07) is 5.92. The summed E-state index contributed by atoms with van der Waals surface area (Å²) in [6.45, 7) is 8.11. The normalized spacial score (nSPS) is 10.6. The molecule has 0 saturated carbocycles. The van der Waals surface area contributed by atoms with Crippen LogP contribution in [0, 0.1) is 13.8 Å². The zero-order valence-corrected chi connectivity index (χ0v) is 12.3. The molecule has 0 spiro atoms. The van der Waals surface area contributed by atoms with Gasteiger partial charge in [0.25, 0.3) is 0 Å². The molecule has 2 heterocycles. The third-order valence-corrected chi connectivity index (χ3v) is 3.52. The first-order valence-electron chi connectivity index (χ1n) is 6.85. The number of rotatable bonds is 5. The van der Waals surface area contributed by atoms with E-state index in [0.29, 0.717) is 13.1 Å². The summed E-state index contributed by atoms with van der Waals surface area (Å²) in [5.41, 5.74) is 10.0. The predicted octanol–water partition coefficient (Wildman–Crippen LogP) is 1.97. The van der Waals surface area contributed by atoms with Gasteiger partial charge in [-0.2, -0.15) is 5.10 Å². The molecule has 2 N–H and O–H groups in total. The van der Waals surface area contributed by atoms with Crippen LogP contribution in [0.15, 0.2) is 24.4 Å². The van der Waals surface area contributed by atoms with Crippen molar-refractivity contribution in [1.82, 2.24) is 15.2 Å². The summed E-state index contributed by atoms with van der Waals surface area (Å²) in [5.74, 6) is 0.865. The van der Waals surface area contributed by atoms with Gasteiger partial charge in [0.1, 0.15) is 0 Å². The van der Waals surface area contributed by atoms with E-state index in [4.69, 9.17) is 5.73 Å². The Bertz CT molecular complexity index is 568. The number of aryl methyl sites for hydroxylation is 1. The average molecular weight is 271 g/mol. The molecule has 0 radical (unpaired) electrons. The summed E-state index contributed by atoms with van der Waals surface area (Å²) in [6.07, 6.45) is 1.80. The van der Waals surface area contributed by atoms with Gasteiger partial charge in [-0.05, 0) is 38.5 Å². The van der Waals surface area contributed by atoms with Crippen LogP contribution in [-0.2, 0) is 13.1 Å². The van der Waals surface area contributed by atoms with Crippen LogP contribution in [-0.4, -0.2) is 21.7 Å². The van der Waals surface area contributed by atoms with Crippen LogP contribution in [0.3, 0.4) is 0 Å². The average Bonchev–Trinajstić information content (AvgIpc) is 2.48. The molecular formula is C15H21N5. The molecule has 0 saturated heterocycles. The van der Waals surface area contributed by atoms with Crippen molar-refractivity contribution in [3.05, 3.63) is 46.9 Å². The summed E-state index contributed by atoms with van der Waals surface area (Å²) in [4.78, 5) is 6.52. The highest BCUT2D eigenvalue weighted by atomic mass is 15.3. The van der Waals surface area contributed by atoms with Gasteiger partial charge in [-0.25, -0.2) is 0 Å². The third-order valence-electron chi connectivity index (χ3n) is 3.52. The fourth-order valence-electron chi connectivity index (χ4n) is 2.17. The molecule has 0 unspecified atom stereocenters. The first-order chi connectivity index (χ1) is 9.67. The van der Waals surface area contributed by atoms with E-state index < -0.39 is 0 Å². The van der Waals surface area contributed by atoms with Crippen LogP contribution >= 0.6 is 0 Å². The van der Waals surface area contributed by atoms with Gasteiger partial charge in [-0.1, -0.05) is 6.07 Å². The van der Waals surface area contributed by atoms with Crippen molar-refractivity contribution < 1.29 is 0 Å². The Kier molecular flexibility index (Phi) is 4.63. The number of nitrogens with zero attached hydrogens (tertiary/aromatic N) is 4. The zero-order valence-electron chi connectivity index (χ0n) is 12.3. The van der Waals surface area contributed by atoms with Crippen molar-refractivity contribution in [3.63, 3.8) is 0 Å². The van der Waals surface area contributed by atoms with Gasteiger partial charge in [-0.15, -0.1) is 5.10 Å². The summed E-state index contributed by atoms with van der Waals surface area (Å²) in [5, 5.41) is 8.58. The second-order valence-corrected chi connectivity index (χ2v) is 4.75. The van der Waals surface area contributed by atoms with Crippen molar-refractivity contribution in [1.29, 1.82) is 0 Å². The fourth-order valence-corrected chi connectivity index (χ4v) is 2.17. The first kappa shape index (κ1) is 14.4. The minimum Gasteiger partial charge on any atom is -0.349 e. The Morgan fingerprint density at radius 3 is 2.60 bits per heavy atom. The van der Waals surface area contributed by atoms with Crippen LogP contribution in [0.1, 0.15) is 29.4 Å².